The molecule has 1 aromatic heterocycles. The van der Waals surface area contributed by atoms with Crippen molar-refractivity contribution in [3.63, 3.8) is 0 Å². The molecule has 0 radical (unpaired) electrons. The van der Waals surface area contributed by atoms with Gasteiger partial charge in [0.1, 0.15) is 11.6 Å². The first kappa shape index (κ1) is 19.9. The van der Waals surface area contributed by atoms with Crippen LogP contribution in [-0.2, 0) is 11.3 Å². The molecular formula is C23H23ClN2O2. The lowest BCUT2D eigenvalue weighted by Gasteiger charge is -2.25. The monoisotopic (exact) mass is 394 g/mol. The van der Waals surface area contributed by atoms with E-state index < -0.39 is 6.10 Å². The third-order valence-electron chi connectivity index (χ3n) is 4.45. The summed E-state index contributed by atoms with van der Waals surface area (Å²) in [6, 6.07) is 19.0. The molecule has 0 bridgehead atoms. The van der Waals surface area contributed by atoms with E-state index in [1.807, 2.05) is 74.5 Å². The van der Waals surface area contributed by atoms with Crippen LogP contribution in [0.2, 0.25) is 5.02 Å². The first-order valence-corrected chi connectivity index (χ1v) is 9.53. The van der Waals surface area contributed by atoms with E-state index in [9.17, 15) is 4.79 Å². The lowest BCUT2D eigenvalue weighted by Crippen LogP contribution is -2.40. The van der Waals surface area contributed by atoms with Gasteiger partial charge in [0.15, 0.2) is 6.10 Å². The molecule has 1 atom stereocenters. The summed E-state index contributed by atoms with van der Waals surface area (Å²) in [6.45, 7) is 6.01. The third kappa shape index (κ3) is 4.70. The van der Waals surface area contributed by atoms with Crippen molar-refractivity contribution in [2.75, 3.05) is 4.90 Å². The fraction of sp³-hybridized carbons (Fsp3) is 0.217. The third-order valence-corrected chi connectivity index (χ3v) is 5.04. The molecular weight excluding hydrogens is 372 g/mol. The zero-order valence-electron chi connectivity index (χ0n) is 16.2. The number of ether oxygens (including phenoxy) is 1. The second-order valence-corrected chi connectivity index (χ2v) is 7.11. The van der Waals surface area contributed by atoms with E-state index in [4.69, 9.17) is 16.3 Å². The number of hydrogen-bond acceptors (Lipinski definition) is 3. The number of carbonyl (C=O) groups is 1. The summed E-state index contributed by atoms with van der Waals surface area (Å²) in [5, 5.41) is 0.713. The molecule has 0 aliphatic rings. The zero-order chi connectivity index (χ0) is 20.1. The summed E-state index contributed by atoms with van der Waals surface area (Å²) in [7, 11) is 0. The van der Waals surface area contributed by atoms with Gasteiger partial charge in [0, 0.05) is 11.2 Å². The molecule has 1 heterocycles. The fourth-order valence-corrected chi connectivity index (χ4v) is 3.11. The van der Waals surface area contributed by atoms with Crippen molar-refractivity contribution in [3.05, 3.63) is 88.6 Å². The minimum atomic E-state index is -0.675. The number of pyridine rings is 1. The van der Waals surface area contributed by atoms with E-state index in [1.165, 1.54) is 0 Å². The number of aryl methyl sites for hydroxylation is 2. The van der Waals surface area contributed by atoms with Crippen molar-refractivity contribution in [2.45, 2.75) is 33.4 Å². The summed E-state index contributed by atoms with van der Waals surface area (Å²) in [6.07, 6.45) is 1.00. The highest BCUT2D eigenvalue weighted by Gasteiger charge is 2.25. The molecule has 3 rings (SSSR count). The summed E-state index contributed by atoms with van der Waals surface area (Å²) in [5.74, 6) is 1.06. The maximum absolute atomic E-state index is 13.2. The Morgan fingerprint density at radius 3 is 2.32 bits per heavy atom. The predicted molar refractivity (Wildman–Crippen MR) is 113 cm³/mol. The standard InChI is InChI=1S/C23H23ClN2O2/c1-16-13-20(14-17(2)22(16)24)28-18(3)23(27)26(21-11-7-8-12-25-21)15-19-9-5-4-6-10-19/h4-14,18H,15H2,1-3H3. The van der Waals surface area contributed by atoms with Crippen molar-refractivity contribution < 1.29 is 9.53 Å². The van der Waals surface area contributed by atoms with Gasteiger partial charge in [-0.2, -0.15) is 0 Å². The van der Waals surface area contributed by atoms with Crippen LogP contribution in [0.15, 0.2) is 66.9 Å². The normalized spacial score (nSPS) is 11.7. The van der Waals surface area contributed by atoms with Crippen molar-refractivity contribution in [3.8, 4) is 5.75 Å². The molecule has 0 aliphatic heterocycles. The Kier molecular flexibility index (Phi) is 6.32. The van der Waals surface area contributed by atoms with Gasteiger partial charge in [-0.1, -0.05) is 48.0 Å². The molecule has 0 spiro atoms. The van der Waals surface area contributed by atoms with E-state index in [1.54, 1.807) is 18.0 Å². The number of nitrogens with zero attached hydrogens (tertiary/aromatic N) is 2. The second kappa shape index (κ2) is 8.89. The van der Waals surface area contributed by atoms with Crippen LogP contribution in [0.1, 0.15) is 23.6 Å². The Morgan fingerprint density at radius 1 is 1.07 bits per heavy atom. The van der Waals surface area contributed by atoms with Gasteiger partial charge in [0.05, 0.1) is 6.54 Å². The minimum Gasteiger partial charge on any atom is -0.481 e. The van der Waals surface area contributed by atoms with Crippen LogP contribution in [-0.4, -0.2) is 17.0 Å². The average molecular weight is 395 g/mol. The largest absolute Gasteiger partial charge is 0.481 e. The van der Waals surface area contributed by atoms with Crippen molar-refractivity contribution in [1.29, 1.82) is 0 Å². The quantitative estimate of drug-likeness (QED) is 0.565. The second-order valence-electron chi connectivity index (χ2n) is 6.73. The Labute approximate surface area is 170 Å². The van der Waals surface area contributed by atoms with Crippen LogP contribution in [0.25, 0.3) is 0 Å². The number of anilines is 1. The Hall–Kier alpha value is -2.85. The van der Waals surface area contributed by atoms with Crippen LogP contribution in [0.5, 0.6) is 5.75 Å². The maximum Gasteiger partial charge on any atom is 0.269 e. The Bertz CT molecular complexity index is 922. The van der Waals surface area contributed by atoms with Crippen LogP contribution in [0.3, 0.4) is 0 Å². The molecule has 5 heteroatoms. The van der Waals surface area contributed by atoms with Gasteiger partial charge in [0.25, 0.3) is 5.91 Å². The topological polar surface area (TPSA) is 42.4 Å². The zero-order valence-corrected chi connectivity index (χ0v) is 17.0. The molecule has 28 heavy (non-hydrogen) atoms. The number of rotatable bonds is 6. The molecule has 0 aliphatic carbocycles. The highest BCUT2D eigenvalue weighted by atomic mass is 35.5. The Morgan fingerprint density at radius 2 is 1.71 bits per heavy atom. The molecule has 1 unspecified atom stereocenters. The summed E-state index contributed by atoms with van der Waals surface area (Å²) in [5.41, 5.74) is 2.86. The van der Waals surface area contributed by atoms with Crippen molar-refractivity contribution >= 4 is 23.3 Å². The number of benzene rings is 2. The number of aromatic nitrogens is 1. The van der Waals surface area contributed by atoms with Crippen LogP contribution >= 0.6 is 11.6 Å². The Balaban J connectivity index is 1.84. The summed E-state index contributed by atoms with van der Waals surface area (Å²) in [4.78, 5) is 19.2. The van der Waals surface area contributed by atoms with Crippen LogP contribution in [0.4, 0.5) is 5.82 Å². The van der Waals surface area contributed by atoms with E-state index >= 15 is 0 Å². The molecule has 1 amide bonds. The molecule has 2 aromatic carbocycles. The molecule has 0 saturated heterocycles. The first-order valence-electron chi connectivity index (χ1n) is 9.15. The van der Waals surface area contributed by atoms with Crippen LogP contribution in [0, 0.1) is 13.8 Å². The van der Waals surface area contributed by atoms with Gasteiger partial charge >= 0.3 is 0 Å². The number of halogens is 1. The van der Waals surface area contributed by atoms with E-state index in [0.717, 1.165) is 16.7 Å². The summed E-state index contributed by atoms with van der Waals surface area (Å²) < 4.78 is 5.96. The smallest absolute Gasteiger partial charge is 0.269 e. The molecule has 0 saturated carbocycles. The van der Waals surface area contributed by atoms with E-state index in [0.29, 0.717) is 23.1 Å². The fourth-order valence-electron chi connectivity index (χ4n) is 3.00. The minimum absolute atomic E-state index is 0.159. The first-order chi connectivity index (χ1) is 13.5. The van der Waals surface area contributed by atoms with Gasteiger partial charge in [-0.05, 0) is 61.7 Å². The number of carbonyl (C=O) groups excluding carboxylic acids is 1. The van der Waals surface area contributed by atoms with Gasteiger partial charge in [-0.25, -0.2) is 4.98 Å². The average Bonchev–Trinajstić information content (AvgIpc) is 2.71. The lowest BCUT2D eigenvalue weighted by molar-refractivity contribution is -0.124. The lowest BCUT2D eigenvalue weighted by atomic mass is 10.1. The van der Waals surface area contributed by atoms with Crippen molar-refractivity contribution in [2.24, 2.45) is 0 Å². The number of amides is 1. The molecule has 4 nitrogen and oxygen atoms in total. The van der Waals surface area contributed by atoms with E-state index in [-0.39, 0.29) is 5.91 Å². The van der Waals surface area contributed by atoms with Gasteiger partial charge in [-0.15, -0.1) is 0 Å². The molecule has 0 fully saturated rings. The SMILES string of the molecule is Cc1cc(OC(C)C(=O)N(Cc2ccccc2)c2ccccn2)cc(C)c1Cl. The van der Waals surface area contributed by atoms with Gasteiger partial charge in [-0.3, -0.25) is 9.69 Å². The van der Waals surface area contributed by atoms with Crippen molar-refractivity contribution in [1.82, 2.24) is 4.98 Å². The highest BCUT2D eigenvalue weighted by molar-refractivity contribution is 6.32. The number of hydrogen-bond donors (Lipinski definition) is 0. The molecule has 0 N–H and O–H groups in total. The highest BCUT2D eigenvalue weighted by Crippen LogP contribution is 2.27. The van der Waals surface area contributed by atoms with E-state index in [2.05, 4.69) is 4.98 Å². The van der Waals surface area contributed by atoms with Gasteiger partial charge in [0.2, 0.25) is 0 Å². The maximum atomic E-state index is 13.2. The predicted octanol–water partition coefficient (Wildman–Crippen LogP) is 5.35. The molecule has 3 aromatic rings. The van der Waals surface area contributed by atoms with Gasteiger partial charge < -0.3 is 4.74 Å². The van der Waals surface area contributed by atoms with Crippen LogP contribution < -0.4 is 9.64 Å². The summed E-state index contributed by atoms with van der Waals surface area (Å²) >= 11 is 6.23. The molecule has 144 valence electrons.